The second-order valence-electron chi connectivity index (χ2n) is 17.1. The monoisotopic (exact) mass is 874 g/mol. The summed E-state index contributed by atoms with van der Waals surface area (Å²) in [5.41, 5.74) is 0. The number of esters is 8. The molecule has 0 radical (unpaired) electrons. The van der Waals surface area contributed by atoms with Gasteiger partial charge in [-0.1, -0.05) is 96.9 Å². The zero-order valence-electron chi connectivity index (χ0n) is 38.0. The van der Waals surface area contributed by atoms with Crippen molar-refractivity contribution in [1.29, 1.82) is 0 Å². The third kappa shape index (κ3) is 15.5. The summed E-state index contributed by atoms with van der Waals surface area (Å²) in [4.78, 5) is 105. The Balaban J connectivity index is 2.98. The van der Waals surface area contributed by atoms with E-state index in [9.17, 15) is 38.4 Å². The van der Waals surface area contributed by atoms with Gasteiger partial charge >= 0.3 is 47.8 Å². The van der Waals surface area contributed by atoms with Crippen molar-refractivity contribution < 1.29 is 90.5 Å². The van der Waals surface area contributed by atoms with E-state index in [1.165, 1.54) is 55.4 Å². The molecule has 0 aromatic heterocycles. The Kier molecular flexibility index (Phi) is 20.5. The van der Waals surface area contributed by atoms with Gasteiger partial charge < -0.3 is 52.1 Å². The molecular formula is C42H66O19. The maximum atomic E-state index is 13.4. The topological polar surface area (TPSA) is 238 Å². The number of carbonyl (C=O) groups is 8. The van der Waals surface area contributed by atoms with Crippen LogP contribution in [-0.2, 0) is 90.5 Å². The van der Waals surface area contributed by atoms with Gasteiger partial charge in [-0.15, -0.1) is 0 Å². The highest BCUT2D eigenvalue weighted by atomic mass is 16.8. The summed E-state index contributed by atoms with van der Waals surface area (Å²) < 4.78 is 65.2. The molecule has 0 aromatic carbocycles. The van der Waals surface area contributed by atoms with Crippen molar-refractivity contribution in [2.45, 2.75) is 165 Å². The van der Waals surface area contributed by atoms with E-state index in [2.05, 4.69) is 0 Å². The Morgan fingerprint density at radius 1 is 0.361 bits per heavy atom. The first kappa shape index (κ1) is 52.8. The first-order chi connectivity index (χ1) is 28.3. The predicted molar refractivity (Wildman–Crippen MR) is 209 cm³/mol. The molecule has 348 valence electrons. The minimum atomic E-state index is -1.89. The van der Waals surface area contributed by atoms with Crippen LogP contribution in [0.4, 0.5) is 0 Å². The van der Waals surface area contributed by atoms with E-state index in [1.807, 2.05) is 0 Å². The molecule has 2 fully saturated rings. The summed E-state index contributed by atoms with van der Waals surface area (Å²) in [6, 6.07) is 0. The first-order valence-electron chi connectivity index (χ1n) is 20.8. The lowest BCUT2D eigenvalue weighted by Crippen LogP contribution is -2.67. The third-order valence-corrected chi connectivity index (χ3v) is 9.10. The molecule has 0 aromatic rings. The lowest BCUT2D eigenvalue weighted by molar-refractivity contribution is -0.378. The fourth-order valence-corrected chi connectivity index (χ4v) is 5.33. The average Bonchev–Trinajstić information content (AvgIpc) is 3.16. The van der Waals surface area contributed by atoms with E-state index in [0.717, 1.165) is 6.92 Å². The van der Waals surface area contributed by atoms with E-state index in [4.69, 9.17) is 52.1 Å². The third-order valence-electron chi connectivity index (χ3n) is 9.10. The molecule has 0 N–H and O–H groups in total. The van der Waals surface area contributed by atoms with Crippen LogP contribution < -0.4 is 0 Å². The highest BCUT2D eigenvalue weighted by Gasteiger charge is 2.58. The normalized spacial score (nSPS) is 26.6. The van der Waals surface area contributed by atoms with Crippen LogP contribution >= 0.6 is 0 Å². The fraction of sp³-hybridized carbons (Fsp3) is 0.810. The summed E-state index contributed by atoms with van der Waals surface area (Å²) in [7, 11) is 0. The molecule has 2 aliphatic rings. The Bertz CT molecular complexity index is 1530. The van der Waals surface area contributed by atoms with Gasteiger partial charge in [-0.3, -0.25) is 38.4 Å². The van der Waals surface area contributed by atoms with Crippen molar-refractivity contribution in [2.75, 3.05) is 13.2 Å². The van der Waals surface area contributed by atoms with Gasteiger partial charge in [0, 0.05) is 6.92 Å². The molecule has 0 saturated carbocycles. The highest BCUT2D eigenvalue weighted by molar-refractivity contribution is 5.75. The highest BCUT2D eigenvalue weighted by Crippen LogP contribution is 2.36. The lowest BCUT2D eigenvalue weighted by atomic mass is 9.96. The van der Waals surface area contributed by atoms with Gasteiger partial charge in [0.25, 0.3) is 0 Å². The van der Waals surface area contributed by atoms with Crippen molar-refractivity contribution >= 4 is 47.8 Å². The second kappa shape index (κ2) is 23.7. The summed E-state index contributed by atoms with van der Waals surface area (Å²) in [6.45, 7) is 21.5. The number of carbonyl (C=O) groups excluding carboxylic acids is 8. The van der Waals surface area contributed by atoms with E-state index in [-0.39, 0.29) is 0 Å². The van der Waals surface area contributed by atoms with Crippen LogP contribution in [0, 0.1) is 41.4 Å². The van der Waals surface area contributed by atoms with Crippen LogP contribution in [0.15, 0.2) is 0 Å². The average molecular weight is 875 g/mol. The molecule has 19 nitrogen and oxygen atoms in total. The van der Waals surface area contributed by atoms with Crippen molar-refractivity contribution in [3.05, 3.63) is 0 Å². The molecule has 10 atom stereocenters. The molecule has 0 bridgehead atoms. The van der Waals surface area contributed by atoms with Gasteiger partial charge in [0.05, 0.1) is 41.4 Å². The summed E-state index contributed by atoms with van der Waals surface area (Å²) in [5, 5.41) is 0. The number of hydrogen-bond acceptors (Lipinski definition) is 19. The smallest absolute Gasteiger partial charge is 0.308 e. The molecule has 2 aliphatic heterocycles. The molecule has 2 saturated heterocycles. The SMILES string of the molecule is CC(=O)OCC1OC(O[C@@H]2O[C@H](COC(=O)C(C)C)C(OC(=O)C(C)C)C(OC(=O)C(C)C)C2OC(=O)C(C)C)C(OC(=O)C(C)C)C(OC(=O)C(C)C)C1OC(=O)C(C)C. The first-order valence-corrected chi connectivity index (χ1v) is 20.8. The van der Waals surface area contributed by atoms with Crippen LogP contribution in [0.25, 0.3) is 0 Å². The molecule has 8 unspecified atom stereocenters. The lowest BCUT2D eigenvalue weighted by Gasteiger charge is -2.48. The number of ether oxygens (including phenoxy) is 11. The van der Waals surface area contributed by atoms with Crippen molar-refractivity contribution in [3.63, 3.8) is 0 Å². The summed E-state index contributed by atoms with van der Waals surface area (Å²) in [5.74, 6) is -11.4. The van der Waals surface area contributed by atoms with Crippen LogP contribution in [0.3, 0.4) is 0 Å². The van der Waals surface area contributed by atoms with Gasteiger partial charge in [0.1, 0.15) is 25.4 Å². The number of rotatable bonds is 19. The molecule has 2 heterocycles. The molecule has 0 amide bonds. The molecule has 0 aliphatic carbocycles. The Morgan fingerprint density at radius 2 is 0.607 bits per heavy atom. The zero-order valence-corrected chi connectivity index (χ0v) is 38.0. The van der Waals surface area contributed by atoms with Gasteiger partial charge in [0.15, 0.2) is 36.6 Å². The van der Waals surface area contributed by atoms with E-state index >= 15 is 0 Å². The fourth-order valence-electron chi connectivity index (χ4n) is 5.33. The number of hydrogen-bond donors (Lipinski definition) is 0. The van der Waals surface area contributed by atoms with E-state index in [1.54, 1.807) is 41.5 Å². The van der Waals surface area contributed by atoms with Gasteiger partial charge in [0.2, 0.25) is 12.6 Å². The van der Waals surface area contributed by atoms with Crippen LogP contribution in [0.2, 0.25) is 0 Å². The standard InChI is InChI=1S/C42H66O19/c1-18(2)34(44)52-17-27-29(56-36(46)20(5)6)31(58-38(48)22(9)10)33(60-40(50)24(13)14)42(54-27)61-41-32(59-39(49)23(11)12)30(57-37(47)21(7)8)28(55-35(45)19(3)4)26(53-41)16-51-25(15)43/h18-24,26-33,41-42H,16-17H2,1-15H3/t26?,27-,28?,29?,30?,31?,32?,33?,41?,42+/m1/s1. The molecule has 0 spiro atoms. The van der Waals surface area contributed by atoms with E-state index < -0.39 is 164 Å². The van der Waals surface area contributed by atoms with Crippen molar-refractivity contribution in [3.8, 4) is 0 Å². The molecule has 2 rings (SSSR count). The Hall–Kier alpha value is -4.36. The van der Waals surface area contributed by atoms with Crippen molar-refractivity contribution in [2.24, 2.45) is 41.4 Å². The van der Waals surface area contributed by atoms with E-state index in [0.29, 0.717) is 0 Å². The summed E-state index contributed by atoms with van der Waals surface area (Å²) in [6.07, 6.45) is -16.8. The molecule has 61 heavy (non-hydrogen) atoms. The van der Waals surface area contributed by atoms with Gasteiger partial charge in [-0.05, 0) is 0 Å². The second-order valence-corrected chi connectivity index (χ2v) is 17.1. The van der Waals surface area contributed by atoms with Crippen LogP contribution in [-0.4, -0.2) is 122 Å². The molecule has 19 heteroatoms. The quantitative estimate of drug-likeness (QED) is 0.133. The maximum Gasteiger partial charge on any atom is 0.308 e. The Labute approximate surface area is 357 Å². The van der Waals surface area contributed by atoms with Gasteiger partial charge in [-0.2, -0.15) is 0 Å². The minimum absolute atomic E-state index is 0.596. The van der Waals surface area contributed by atoms with Crippen molar-refractivity contribution in [1.82, 2.24) is 0 Å². The largest absolute Gasteiger partial charge is 0.463 e. The zero-order chi connectivity index (χ0) is 46.6. The Morgan fingerprint density at radius 3 is 0.869 bits per heavy atom. The summed E-state index contributed by atoms with van der Waals surface area (Å²) >= 11 is 0. The molecular weight excluding hydrogens is 808 g/mol. The van der Waals surface area contributed by atoms with Crippen LogP contribution in [0.5, 0.6) is 0 Å². The maximum absolute atomic E-state index is 13.4. The van der Waals surface area contributed by atoms with Gasteiger partial charge in [-0.25, -0.2) is 0 Å². The predicted octanol–water partition coefficient (Wildman–Crippen LogP) is 3.62. The minimum Gasteiger partial charge on any atom is -0.463 e. The van der Waals surface area contributed by atoms with Crippen LogP contribution in [0.1, 0.15) is 104 Å².